The molecule has 1 aromatic rings. The molecule has 0 aliphatic heterocycles. The second-order valence-electron chi connectivity index (χ2n) is 3.01. The third-order valence-electron chi connectivity index (χ3n) is 1.73. The predicted molar refractivity (Wildman–Crippen MR) is 49.9 cm³/mol. The van der Waals surface area contributed by atoms with Crippen molar-refractivity contribution >= 4 is 5.78 Å². The first kappa shape index (κ1) is 9.65. The van der Waals surface area contributed by atoms with Gasteiger partial charge in [0.15, 0.2) is 5.78 Å². The van der Waals surface area contributed by atoms with Crippen molar-refractivity contribution in [2.75, 3.05) is 0 Å². The Morgan fingerprint density at radius 2 is 2.23 bits per heavy atom. The van der Waals surface area contributed by atoms with Crippen molar-refractivity contribution in [2.24, 2.45) is 0 Å². The zero-order chi connectivity index (χ0) is 9.84. The van der Waals surface area contributed by atoms with E-state index in [9.17, 15) is 9.18 Å². The summed E-state index contributed by atoms with van der Waals surface area (Å²) in [7, 11) is 0. The van der Waals surface area contributed by atoms with Gasteiger partial charge in [-0.25, -0.2) is 4.39 Å². The fraction of sp³-hybridized carbons (Fsp3) is 0.182. The number of ketones is 1. The molecule has 13 heavy (non-hydrogen) atoms. The highest BCUT2D eigenvalue weighted by Crippen LogP contribution is 2.06. The Hall–Kier alpha value is -1.44. The van der Waals surface area contributed by atoms with Gasteiger partial charge in [-0.05, 0) is 30.2 Å². The Morgan fingerprint density at radius 3 is 2.77 bits per heavy atom. The fourth-order valence-corrected chi connectivity index (χ4v) is 0.983. The van der Waals surface area contributed by atoms with Crippen LogP contribution in [0.4, 0.5) is 4.39 Å². The molecule has 0 bridgehead atoms. The van der Waals surface area contributed by atoms with Gasteiger partial charge < -0.3 is 0 Å². The smallest absolute Gasteiger partial charge is 0.162 e. The third-order valence-corrected chi connectivity index (χ3v) is 1.73. The van der Waals surface area contributed by atoms with E-state index in [1.54, 1.807) is 19.1 Å². The van der Waals surface area contributed by atoms with Crippen LogP contribution in [0.1, 0.15) is 12.5 Å². The molecule has 1 aromatic carbocycles. The van der Waals surface area contributed by atoms with Crippen molar-refractivity contribution < 1.29 is 9.18 Å². The number of carbonyl (C=O) groups is 1. The van der Waals surface area contributed by atoms with Gasteiger partial charge in [0, 0.05) is 6.42 Å². The lowest BCUT2D eigenvalue weighted by Gasteiger charge is -1.99. The Bertz CT molecular complexity index is 342. The predicted octanol–water partition coefficient (Wildman–Crippen LogP) is 2.51. The van der Waals surface area contributed by atoms with Crippen LogP contribution in [0.25, 0.3) is 0 Å². The summed E-state index contributed by atoms with van der Waals surface area (Å²) in [5, 5.41) is 0. The highest BCUT2D eigenvalue weighted by atomic mass is 19.1. The summed E-state index contributed by atoms with van der Waals surface area (Å²) in [4.78, 5) is 11.2. The van der Waals surface area contributed by atoms with Gasteiger partial charge in [-0.15, -0.1) is 0 Å². The second-order valence-corrected chi connectivity index (χ2v) is 3.01. The average molecular weight is 178 g/mol. The first-order valence-electron chi connectivity index (χ1n) is 4.03. The third kappa shape index (κ3) is 2.82. The van der Waals surface area contributed by atoms with Crippen LogP contribution in [0.5, 0.6) is 0 Å². The molecule has 2 heteroatoms. The van der Waals surface area contributed by atoms with E-state index in [0.29, 0.717) is 11.1 Å². The first-order chi connectivity index (χ1) is 6.09. The van der Waals surface area contributed by atoms with E-state index in [4.69, 9.17) is 0 Å². The molecule has 0 saturated carbocycles. The molecule has 0 aliphatic rings. The summed E-state index contributed by atoms with van der Waals surface area (Å²) in [6.45, 7) is 5.18. The molecule has 68 valence electrons. The molecular formula is C11H11FO. The van der Waals surface area contributed by atoms with Crippen LogP contribution >= 0.6 is 0 Å². The minimum Gasteiger partial charge on any atom is -0.294 e. The van der Waals surface area contributed by atoms with Gasteiger partial charge >= 0.3 is 0 Å². The van der Waals surface area contributed by atoms with E-state index >= 15 is 0 Å². The van der Waals surface area contributed by atoms with Crippen molar-refractivity contribution in [1.29, 1.82) is 0 Å². The minimum absolute atomic E-state index is 0.0504. The van der Waals surface area contributed by atoms with E-state index in [2.05, 4.69) is 6.58 Å². The molecule has 0 saturated heterocycles. The maximum atomic E-state index is 12.7. The molecule has 0 heterocycles. The molecule has 0 aliphatic carbocycles. The lowest BCUT2D eigenvalue weighted by atomic mass is 10.1. The standard InChI is InChI=1S/C11H11FO/c1-8(2)11(13)7-9-4-3-5-10(12)6-9/h3-6H,1,7H2,2H3. The van der Waals surface area contributed by atoms with E-state index < -0.39 is 0 Å². The molecule has 0 unspecified atom stereocenters. The van der Waals surface area contributed by atoms with Crippen molar-refractivity contribution in [1.82, 2.24) is 0 Å². The van der Waals surface area contributed by atoms with E-state index in [1.807, 2.05) is 0 Å². The van der Waals surface area contributed by atoms with Crippen LogP contribution in [0, 0.1) is 5.82 Å². The summed E-state index contributed by atoms with van der Waals surface area (Å²) >= 11 is 0. The van der Waals surface area contributed by atoms with Crippen LogP contribution in [0.3, 0.4) is 0 Å². The van der Waals surface area contributed by atoms with E-state index in [0.717, 1.165) is 0 Å². The minimum atomic E-state index is -0.313. The number of hydrogen-bond acceptors (Lipinski definition) is 1. The SMILES string of the molecule is C=C(C)C(=O)Cc1cccc(F)c1. The number of carbonyl (C=O) groups excluding carboxylic acids is 1. The Balaban J connectivity index is 2.75. The fourth-order valence-electron chi connectivity index (χ4n) is 0.983. The Morgan fingerprint density at radius 1 is 1.54 bits per heavy atom. The van der Waals surface area contributed by atoms with Crippen molar-refractivity contribution in [3.8, 4) is 0 Å². The number of halogens is 1. The number of hydrogen-bond donors (Lipinski definition) is 0. The zero-order valence-corrected chi connectivity index (χ0v) is 7.51. The lowest BCUT2D eigenvalue weighted by molar-refractivity contribution is -0.114. The summed E-state index contributed by atoms with van der Waals surface area (Å²) in [5.41, 5.74) is 1.19. The topological polar surface area (TPSA) is 17.1 Å². The molecule has 0 atom stereocenters. The molecule has 1 nitrogen and oxygen atoms in total. The summed E-state index contributed by atoms with van der Waals surface area (Å²) in [6, 6.07) is 6.04. The number of allylic oxidation sites excluding steroid dienone is 1. The summed E-state index contributed by atoms with van der Waals surface area (Å²) in [5.74, 6) is -0.363. The van der Waals surface area contributed by atoms with Crippen molar-refractivity contribution in [3.05, 3.63) is 47.8 Å². The van der Waals surface area contributed by atoms with Gasteiger partial charge in [0.05, 0.1) is 0 Å². The lowest BCUT2D eigenvalue weighted by Crippen LogP contribution is -2.02. The molecular weight excluding hydrogens is 167 g/mol. The van der Waals surface area contributed by atoms with E-state index in [1.165, 1.54) is 12.1 Å². The molecule has 0 amide bonds. The second kappa shape index (κ2) is 3.99. The maximum absolute atomic E-state index is 12.7. The van der Waals surface area contributed by atoms with Crippen molar-refractivity contribution in [2.45, 2.75) is 13.3 Å². The van der Waals surface area contributed by atoms with Gasteiger partial charge in [-0.3, -0.25) is 4.79 Å². The van der Waals surface area contributed by atoms with Crippen LogP contribution in [-0.2, 0) is 11.2 Å². The molecule has 0 spiro atoms. The number of benzene rings is 1. The highest BCUT2D eigenvalue weighted by Gasteiger charge is 2.04. The van der Waals surface area contributed by atoms with Crippen LogP contribution < -0.4 is 0 Å². The van der Waals surface area contributed by atoms with Gasteiger partial charge in [0.1, 0.15) is 5.82 Å². The van der Waals surface area contributed by atoms with Crippen LogP contribution in [0.2, 0.25) is 0 Å². The first-order valence-corrected chi connectivity index (χ1v) is 4.03. The molecule has 1 rings (SSSR count). The maximum Gasteiger partial charge on any atom is 0.162 e. The van der Waals surface area contributed by atoms with Gasteiger partial charge in [0.2, 0.25) is 0 Å². The van der Waals surface area contributed by atoms with Gasteiger partial charge in [-0.1, -0.05) is 18.7 Å². The highest BCUT2D eigenvalue weighted by molar-refractivity contribution is 5.95. The Labute approximate surface area is 76.9 Å². The van der Waals surface area contributed by atoms with Crippen LogP contribution in [0.15, 0.2) is 36.4 Å². The van der Waals surface area contributed by atoms with Crippen LogP contribution in [-0.4, -0.2) is 5.78 Å². The summed E-state index contributed by atoms with van der Waals surface area (Å²) in [6.07, 6.45) is 0.229. The molecule has 0 aromatic heterocycles. The van der Waals surface area contributed by atoms with E-state index in [-0.39, 0.29) is 18.0 Å². The van der Waals surface area contributed by atoms with Gasteiger partial charge in [0.25, 0.3) is 0 Å². The molecule has 0 N–H and O–H groups in total. The summed E-state index contributed by atoms with van der Waals surface area (Å²) < 4.78 is 12.7. The Kier molecular flexibility index (Phi) is 2.96. The van der Waals surface area contributed by atoms with Crippen molar-refractivity contribution in [3.63, 3.8) is 0 Å². The average Bonchev–Trinajstić information content (AvgIpc) is 2.04. The molecule has 0 radical (unpaired) electrons. The van der Waals surface area contributed by atoms with Gasteiger partial charge in [-0.2, -0.15) is 0 Å². The quantitative estimate of drug-likeness (QED) is 0.650. The molecule has 0 fully saturated rings. The normalized spacial score (nSPS) is 9.69. The zero-order valence-electron chi connectivity index (χ0n) is 7.51. The number of rotatable bonds is 3. The largest absolute Gasteiger partial charge is 0.294 e. The number of Topliss-reactive ketones (excluding diaryl/α,β-unsaturated/α-hetero) is 1. The monoisotopic (exact) mass is 178 g/mol.